The van der Waals surface area contributed by atoms with Gasteiger partial charge in [-0.2, -0.15) is 5.26 Å². The average molecular weight is 188 g/mol. The second kappa shape index (κ2) is 3.00. The molecule has 0 bridgehead atoms. The highest BCUT2D eigenvalue weighted by Gasteiger charge is 2.04. The first-order valence-corrected chi connectivity index (χ1v) is 3.49. The number of hydrogen-bond donors (Lipinski definition) is 1. The van der Waals surface area contributed by atoms with Gasteiger partial charge < -0.3 is 5.11 Å². The molecule has 4 heteroatoms. The van der Waals surface area contributed by atoms with Crippen LogP contribution in [0.5, 0.6) is 5.75 Å². The van der Waals surface area contributed by atoms with Crippen LogP contribution in [0, 0.1) is 11.3 Å². The number of nitrogens with zero attached hydrogens (tertiary/aromatic N) is 1. The summed E-state index contributed by atoms with van der Waals surface area (Å²) in [4.78, 5) is 0. The molecule has 0 aliphatic carbocycles. The molecular formula is C7H3Cl2NO. The van der Waals surface area contributed by atoms with Crippen LogP contribution in [0.4, 0.5) is 0 Å². The summed E-state index contributed by atoms with van der Waals surface area (Å²) in [6, 6.07) is 4.33. The summed E-state index contributed by atoms with van der Waals surface area (Å²) in [5, 5.41) is 18.0. The molecule has 0 radical (unpaired) electrons. The van der Waals surface area contributed by atoms with Gasteiger partial charge in [0.2, 0.25) is 0 Å². The summed E-state index contributed by atoms with van der Waals surface area (Å²) in [5.41, 5.74) is 0.124. The van der Waals surface area contributed by atoms with E-state index in [2.05, 4.69) is 0 Å². The van der Waals surface area contributed by atoms with E-state index in [0.29, 0.717) is 0 Å². The van der Waals surface area contributed by atoms with Gasteiger partial charge in [-0.25, -0.2) is 0 Å². The summed E-state index contributed by atoms with van der Waals surface area (Å²) < 4.78 is 0. The summed E-state index contributed by atoms with van der Waals surface area (Å²) >= 11 is 11.1. The zero-order chi connectivity index (χ0) is 8.43. The van der Waals surface area contributed by atoms with E-state index in [-0.39, 0.29) is 21.4 Å². The molecule has 1 aromatic rings. The molecule has 1 N–H and O–H groups in total. The van der Waals surface area contributed by atoms with Crippen LogP contribution >= 0.6 is 23.2 Å². The van der Waals surface area contributed by atoms with Gasteiger partial charge in [0.25, 0.3) is 0 Å². The Bertz CT molecular complexity index is 330. The van der Waals surface area contributed by atoms with Crippen LogP contribution in [0.1, 0.15) is 5.56 Å². The van der Waals surface area contributed by atoms with Crippen LogP contribution in [0.3, 0.4) is 0 Å². The van der Waals surface area contributed by atoms with Crippen LogP contribution < -0.4 is 0 Å². The molecule has 0 aliphatic heterocycles. The fraction of sp³-hybridized carbons (Fsp3) is 0. The van der Waals surface area contributed by atoms with Crippen molar-refractivity contribution in [3.05, 3.63) is 27.7 Å². The zero-order valence-corrected chi connectivity index (χ0v) is 6.82. The van der Waals surface area contributed by atoms with Gasteiger partial charge in [-0.05, 0) is 6.07 Å². The first-order valence-electron chi connectivity index (χ1n) is 2.73. The third kappa shape index (κ3) is 1.56. The quantitative estimate of drug-likeness (QED) is 0.679. The van der Waals surface area contributed by atoms with Gasteiger partial charge in [0.15, 0.2) is 0 Å². The van der Waals surface area contributed by atoms with Crippen molar-refractivity contribution in [2.75, 3.05) is 0 Å². The molecule has 0 heterocycles. The Hall–Kier alpha value is -0.910. The Morgan fingerprint density at radius 3 is 2.36 bits per heavy atom. The van der Waals surface area contributed by atoms with Crippen LogP contribution in [-0.4, -0.2) is 5.11 Å². The lowest BCUT2D eigenvalue weighted by Crippen LogP contribution is -1.77. The van der Waals surface area contributed by atoms with Crippen molar-refractivity contribution >= 4 is 23.2 Å². The minimum absolute atomic E-state index is 0.124. The number of halogens is 2. The summed E-state index contributed by atoms with van der Waals surface area (Å²) in [7, 11) is 0. The molecule has 0 aromatic heterocycles. The molecule has 11 heavy (non-hydrogen) atoms. The number of hydrogen-bond acceptors (Lipinski definition) is 2. The normalized spacial score (nSPS) is 9.18. The Kier molecular flexibility index (Phi) is 2.23. The van der Waals surface area contributed by atoms with Crippen molar-refractivity contribution < 1.29 is 5.11 Å². The van der Waals surface area contributed by atoms with Gasteiger partial charge in [0, 0.05) is 6.07 Å². The van der Waals surface area contributed by atoms with Gasteiger partial charge in [-0.3, -0.25) is 0 Å². The number of phenols is 1. The van der Waals surface area contributed by atoms with Crippen molar-refractivity contribution in [1.29, 1.82) is 5.26 Å². The Labute approximate surface area is 73.6 Å². The Morgan fingerprint density at radius 1 is 1.27 bits per heavy atom. The average Bonchev–Trinajstić information content (AvgIpc) is 1.97. The standard InChI is InChI=1S/C7H3Cl2NO/c8-5-1-4(3-10)7(11)2-6(5)9/h1-2,11H. The van der Waals surface area contributed by atoms with E-state index in [1.165, 1.54) is 12.1 Å². The summed E-state index contributed by atoms with van der Waals surface area (Å²) in [6.45, 7) is 0. The summed E-state index contributed by atoms with van der Waals surface area (Å²) in [5.74, 6) is -0.151. The van der Waals surface area contributed by atoms with Crippen LogP contribution in [0.25, 0.3) is 0 Å². The maximum atomic E-state index is 9.05. The topological polar surface area (TPSA) is 44.0 Å². The molecule has 0 atom stereocenters. The molecule has 0 spiro atoms. The molecule has 0 amide bonds. The lowest BCUT2D eigenvalue weighted by atomic mass is 10.2. The minimum Gasteiger partial charge on any atom is -0.507 e. The van der Waals surface area contributed by atoms with Crippen LogP contribution in [-0.2, 0) is 0 Å². The maximum Gasteiger partial charge on any atom is 0.134 e. The van der Waals surface area contributed by atoms with Crippen molar-refractivity contribution in [3.8, 4) is 11.8 Å². The van der Waals surface area contributed by atoms with Crippen LogP contribution in [0.15, 0.2) is 12.1 Å². The summed E-state index contributed by atoms with van der Waals surface area (Å²) in [6.07, 6.45) is 0. The SMILES string of the molecule is N#Cc1cc(Cl)c(Cl)cc1O. The zero-order valence-electron chi connectivity index (χ0n) is 5.31. The van der Waals surface area contributed by atoms with E-state index in [0.717, 1.165) is 0 Å². The van der Waals surface area contributed by atoms with Gasteiger partial charge in [-0.1, -0.05) is 23.2 Å². The Morgan fingerprint density at radius 2 is 1.82 bits per heavy atom. The Balaban J connectivity index is 3.35. The predicted molar refractivity (Wildman–Crippen MR) is 42.8 cm³/mol. The predicted octanol–water partition coefficient (Wildman–Crippen LogP) is 2.57. The molecule has 0 saturated carbocycles. The van der Waals surface area contributed by atoms with Crippen molar-refractivity contribution in [2.45, 2.75) is 0 Å². The molecule has 0 fully saturated rings. The van der Waals surface area contributed by atoms with E-state index in [1.807, 2.05) is 0 Å². The molecular weight excluding hydrogens is 185 g/mol. The third-order valence-electron chi connectivity index (χ3n) is 1.16. The minimum atomic E-state index is -0.151. The largest absolute Gasteiger partial charge is 0.507 e. The molecule has 1 aromatic carbocycles. The van der Waals surface area contributed by atoms with Crippen molar-refractivity contribution in [2.24, 2.45) is 0 Å². The first kappa shape index (κ1) is 8.19. The highest BCUT2D eigenvalue weighted by Crippen LogP contribution is 2.28. The smallest absolute Gasteiger partial charge is 0.134 e. The van der Waals surface area contributed by atoms with Crippen molar-refractivity contribution in [3.63, 3.8) is 0 Å². The van der Waals surface area contributed by atoms with Crippen molar-refractivity contribution in [1.82, 2.24) is 0 Å². The van der Waals surface area contributed by atoms with E-state index in [1.54, 1.807) is 6.07 Å². The molecule has 2 nitrogen and oxygen atoms in total. The molecule has 0 unspecified atom stereocenters. The van der Waals surface area contributed by atoms with Crippen LogP contribution in [0.2, 0.25) is 10.0 Å². The molecule has 0 saturated heterocycles. The second-order valence-electron chi connectivity index (χ2n) is 1.90. The first-order chi connectivity index (χ1) is 5.15. The lowest BCUT2D eigenvalue weighted by Gasteiger charge is -1.97. The lowest BCUT2D eigenvalue weighted by molar-refractivity contribution is 0.473. The molecule has 1 rings (SSSR count). The second-order valence-corrected chi connectivity index (χ2v) is 2.71. The fourth-order valence-corrected chi connectivity index (χ4v) is 0.947. The van der Waals surface area contributed by atoms with Gasteiger partial charge in [0.1, 0.15) is 11.8 Å². The highest BCUT2D eigenvalue weighted by atomic mass is 35.5. The monoisotopic (exact) mass is 187 g/mol. The number of nitriles is 1. The maximum absolute atomic E-state index is 9.05. The number of benzene rings is 1. The van der Waals surface area contributed by atoms with E-state index < -0.39 is 0 Å². The third-order valence-corrected chi connectivity index (χ3v) is 1.88. The fourth-order valence-electron chi connectivity index (χ4n) is 0.626. The molecule has 0 aliphatic rings. The van der Waals surface area contributed by atoms with Gasteiger partial charge in [-0.15, -0.1) is 0 Å². The number of aromatic hydroxyl groups is 1. The van der Waals surface area contributed by atoms with Gasteiger partial charge in [0.05, 0.1) is 15.6 Å². The van der Waals surface area contributed by atoms with E-state index >= 15 is 0 Å². The van der Waals surface area contributed by atoms with E-state index in [9.17, 15) is 0 Å². The van der Waals surface area contributed by atoms with E-state index in [4.69, 9.17) is 33.6 Å². The van der Waals surface area contributed by atoms with Gasteiger partial charge >= 0.3 is 0 Å². The molecule has 56 valence electrons. The number of rotatable bonds is 0. The highest BCUT2D eigenvalue weighted by molar-refractivity contribution is 6.42. The number of phenolic OH excluding ortho intramolecular Hbond substituents is 1.